The van der Waals surface area contributed by atoms with Gasteiger partial charge in [0.2, 0.25) is 0 Å². The summed E-state index contributed by atoms with van der Waals surface area (Å²) in [5, 5.41) is 119. The molecule has 0 bridgehead atoms. The van der Waals surface area contributed by atoms with Gasteiger partial charge in [-0.05, 0) is 122 Å². The molecule has 386 valence electrons. The third-order valence-corrected chi connectivity index (χ3v) is 19.3. The van der Waals surface area contributed by atoms with Gasteiger partial charge in [0.1, 0.15) is 48.8 Å². The minimum atomic E-state index is -1.71. The molecule has 0 aromatic carbocycles. The average Bonchev–Trinajstić information content (AvgIpc) is 3.85. The Labute approximate surface area is 393 Å². The van der Waals surface area contributed by atoms with Crippen molar-refractivity contribution in [2.75, 3.05) is 19.8 Å². The van der Waals surface area contributed by atoms with E-state index in [0.717, 1.165) is 19.3 Å². The molecule has 19 heteroatoms. The van der Waals surface area contributed by atoms with Gasteiger partial charge in [-0.2, -0.15) is 0 Å². The van der Waals surface area contributed by atoms with Crippen molar-refractivity contribution in [2.45, 2.75) is 223 Å². The minimum absolute atomic E-state index is 0.0334. The lowest BCUT2D eigenvalue weighted by Crippen LogP contribution is -2.65. The Morgan fingerprint density at radius 2 is 1.40 bits per heavy atom. The number of fused-ring (bicyclic) bond motifs is 2. The molecular formula is C48H80O19. The number of esters is 1. The molecule has 11 N–H and O–H groups in total. The fraction of sp³-hybridized carbons (Fsp3) is 0.979. The Kier molecular flexibility index (Phi) is 14.3. The van der Waals surface area contributed by atoms with Crippen LogP contribution in [0.5, 0.6) is 0 Å². The number of carbonyl (C=O) groups is 1. The molecule has 0 amide bonds. The van der Waals surface area contributed by atoms with Gasteiger partial charge in [0.05, 0.1) is 49.8 Å². The molecular weight excluding hydrogens is 881 g/mol. The molecule has 3 saturated heterocycles. The molecule has 0 unspecified atom stereocenters. The van der Waals surface area contributed by atoms with E-state index in [1.165, 1.54) is 6.92 Å². The predicted molar refractivity (Wildman–Crippen MR) is 232 cm³/mol. The number of aliphatic hydroxyl groups is 11. The smallest absolute Gasteiger partial charge is 0.303 e. The van der Waals surface area contributed by atoms with Crippen molar-refractivity contribution >= 4 is 5.97 Å². The van der Waals surface area contributed by atoms with Gasteiger partial charge < -0.3 is 89.3 Å². The van der Waals surface area contributed by atoms with Crippen LogP contribution in [0.15, 0.2) is 0 Å². The Morgan fingerprint density at radius 1 is 0.746 bits per heavy atom. The molecule has 0 radical (unpaired) electrons. The second-order valence-electron chi connectivity index (χ2n) is 23.7. The second-order valence-corrected chi connectivity index (χ2v) is 23.7. The van der Waals surface area contributed by atoms with Gasteiger partial charge in [0, 0.05) is 6.92 Å². The summed E-state index contributed by atoms with van der Waals surface area (Å²) in [4.78, 5) is 12.4. The summed E-state index contributed by atoms with van der Waals surface area (Å²) in [5.41, 5.74) is -3.19. The number of hydrogen-bond acceptors (Lipinski definition) is 19. The van der Waals surface area contributed by atoms with E-state index in [9.17, 15) is 61.0 Å². The topological polar surface area (TPSA) is 304 Å². The van der Waals surface area contributed by atoms with Crippen molar-refractivity contribution < 1.29 is 94.1 Å². The van der Waals surface area contributed by atoms with Crippen LogP contribution in [0, 0.1) is 50.7 Å². The normalized spacial score (nSPS) is 52.5. The molecule has 8 rings (SSSR count). The van der Waals surface area contributed by atoms with Gasteiger partial charge in [0.25, 0.3) is 0 Å². The third-order valence-electron chi connectivity index (χ3n) is 19.3. The highest BCUT2D eigenvalue weighted by molar-refractivity contribution is 5.66. The van der Waals surface area contributed by atoms with Crippen molar-refractivity contribution in [1.29, 1.82) is 0 Å². The monoisotopic (exact) mass is 961 g/mol. The van der Waals surface area contributed by atoms with Gasteiger partial charge in [-0.1, -0.05) is 34.6 Å². The van der Waals surface area contributed by atoms with Crippen LogP contribution in [0.1, 0.15) is 113 Å². The third kappa shape index (κ3) is 8.46. The summed E-state index contributed by atoms with van der Waals surface area (Å²) in [6.07, 6.45) is -16.0. The fourth-order valence-electron chi connectivity index (χ4n) is 15.7. The second kappa shape index (κ2) is 18.4. The molecule has 67 heavy (non-hydrogen) atoms. The molecule has 8 fully saturated rings. The summed E-state index contributed by atoms with van der Waals surface area (Å²) in [7, 11) is 0. The highest BCUT2D eigenvalue weighted by atomic mass is 16.8. The van der Waals surface area contributed by atoms with Gasteiger partial charge in [-0.15, -0.1) is 0 Å². The largest absolute Gasteiger partial charge is 0.457 e. The lowest BCUT2D eigenvalue weighted by molar-refractivity contribution is -0.360. The first kappa shape index (κ1) is 52.1. The minimum Gasteiger partial charge on any atom is -0.457 e. The highest BCUT2D eigenvalue weighted by Gasteiger charge is 2.85. The molecule has 3 aliphatic heterocycles. The number of rotatable bonds is 13. The Hall–Kier alpha value is -1.21. The number of carbonyl (C=O) groups excluding carboxylic acids is 1. The lowest BCUT2D eigenvalue weighted by Gasteiger charge is -2.65. The summed E-state index contributed by atoms with van der Waals surface area (Å²) >= 11 is 0. The summed E-state index contributed by atoms with van der Waals surface area (Å²) in [6.45, 7) is 14.0. The molecule has 19 nitrogen and oxygen atoms in total. The van der Waals surface area contributed by atoms with Gasteiger partial charge >= 0.3 is 5.97 Å². The molecule has 2 spiro atoms. The maximum absolute atomic E-state index is 12.4. The van der Waals surface area contributed by atoms with E-state index in [-0.39, 0.29) is 58.5 Å². The SMILES string of the molecule is CC(=O)O[C@@H]1[C@@H](O[C@@H]2OC[C@H](O)[C@H](O)[C@H]2O)[C@H](O[C@H]2CC[C@]34C[C@]35CC[C@]3(C)[C@@H]([C@H](C)CC[C@H](O)C(C)(C)O)[C@@H](O)C[C@@]3(C)[C@@H]5C[C@H](O[C@@H]3O[C@H](CO)[C@@H](O)[C@H](O)[C@H]3O)[C@H]4C2(C)C)OC[C@@H]1O. The average molecular weight is 961 g/mol. The standard InChI is InChI=1S/C48H80O19/c1-21(9-10-29(54)44(5,6)60)31-23(51)16-46(8)28-15-26(64-41-36(59)34(57)33(56)27(17-49)65-41)39-43(3,4)30(11-12-48(39)20-47(28,48)14-13-45(31,46)7)66-42-38(37(63-22(2)50)25(53)19-62-42)67-40-35(58)32(55)24(52)18-61-40/h21,23-42,49,51-60H,9-20H2,1-8H3/t21-,23+,24+,25+,26+,27-,28+,29+,30+,31+,32+,33-,34+,35-,36-,37+,38-,39+,40+,41-,42+,45-,46+,47+,48-/m1/s1. The van der Waals surface area contributed by atoms with Gasteiger partial charge in [-0.3, -0.25) is 4.79 Å². The first-order chi connectivity index (χ1) is 31.2. The van der Waals surface area contributed by atoms with Crippen molar-refractivity contribution in [3.05, 3.63) is 0 Å². The zero-order valence-corrected chi connectivity index (χ0v) is 40.3. The molecule has 8 aliphatic rings. The Balaban J connectivity index is 1.12. The fourth-order valence-corrected chi connectivity index (χ4v) is 15.7. The summed E-state index contributed by atoms with van der Waals surface area (Å²) in [6, 6.07) is 0. The van der Waals surface area contributed by atoms with Crippen LogP contribution in [0.3, 0.4) is 0 Å². The summed E-state index contributed by atoms with van der Waals surface area (Å²) in [5.74, 6) is -1.02. The predicted octanol–water partition coefficient (Wildman–Crippen LogP) is -0.402. The van der Waals surface area contributed by atoms with Crippen molar-refractivity contribution in [3.63, 3.8) is 0 Å². The van der Waals surface area contributed by atoms with Crippen LogP contribution >= 0.6 is 0 Å². The van der Waals surface area contributed by atoms with Crippen LogP contribution in [-0.2, 0) is 38.0 Å². The number of ether oxygens (including phenoxy) is 7. The van der Waals surface area contributed by atoms with E-state index in [1.807, 2.05) is 0 Å². The molecule has 0 aromatic heterocycles. The van der Waals surface area contributed by atoms with Gasteiger partial charge in [0.15, 0.2) is 31.1 Å². The van der Waals surface area contributed by atoms with E-state index < -0.39 is 128 Å². The Morgan fingerprint density at radius 3 is 2.06 bits per heavy atom. The number of hydrogen-bond donors (Lipinski definition) is 11. The molecule has 0 aromatic rings. The van der Waals surface area contributed by atoms with Crippen LogP contribution in [-0.4, -0.2) is 192 Å². The van der Waals surface area contributed by atoms with Crippen molar-refractivity contribution in [3.8, 4) is 0 Å². The molecule has 5 saturated carbocycles. The van der Waals surface area contributed by atoms with Crippen molar-refractivity contribution in [1.82, 2.24) is 0 Å². The molecule has 3 heterocycles. The van der Waals surface area contributed by atoms with Crippen LogP contribution in [0.2, 0.25) is 0 Å². The van der Waals surface area contributed by atoms with E-state index in [0.29, 0.717) is 38.5 Å². The van der Waals surface area contributed by atoms with Crippen LogP contribution < -0.4 is 0 Å². The lowest BCUT2D eigenvalue weighted by atomic mass is 9.41. The van der Waals surface area contributed by atoms with E-state index in [1.54, 1.807) is 13.8 Å². The van der Waals surface area contributed by atoms with E-state index >= 15 is 0 Å². The number of aliphatic hydroxyl groups excluding tert-OH is 10. The maximum Gasteiger partial charge on any atom is 0.303 e. The quantitative estimate of drug-likeness (QED) is 0.0827. The van der Waals surface area contributed by atoms with E-state index in [4.69, 9.17) is 33.2 Å². The van der Waals surface area contributed by atoms with Crippen molar-refractivity contribution in [2.24, 2.45) is 50.7 Å². The van der Waals surface area contributed by atoms with Gasteiger partial charge in [-0.25, -0.2) is 0 Å². The van der Waals surface area contributed by atoms with Crippen LogP contribution in [0.25, 0.3) is 0 Å². The molecule has 25 atom stereocenters. The first-order valence-electron chi connectivity index (χ1n) is 24.7. The first-order valence-corrected chi connectivity index (χ1v) is 24.7. The molecule has 5 aliphatic carbocycles. The zero-order valence-electron chi connectivity index (χ0n) is 40.3. The van der Waals surface area contributed by atoms with Crippen LogP contribution in [0.4, 0.5) is 0 Å². The van der Waals surface area contributed by atoms with E-state index in [2.05, 4.69) is 34.6 Å². The highest BCUT2D eigenvalue weighted by Crippen LogP contribution is 2.89. The Bertz CT molecular complexity index is 1760. The maximum atomic E-state index is 12.4. The summed E-state index contributed by atoms with van der Waals surface area (Å²) < 4.78 is 43.3. The zero-order chi connectivity index (χ0) is 49.1.